The van der Waals surface area contributed by atoms with Crippen molar-refractivity contribution in [2.75, 3.05) is 13.2 Å². The van der Waals surface area contributed by atoms with E-state index >= 15 is 4.39 Å². The second kappa shape index (κ2) is 12.5. The van der Waals surface area contributed by atoms with E-state index in [0.717, 1.165) is 37.5 Å². The molecule has 0 saturated carbocycles. The molecular formula is C32H33F2NO6. The van der Waals surface area contributed by atoms with Crippen LogP contribution in [0.15, 0.2) is 57.7 Å². The Morgan fingerprint density at radius 1 is 0.951 bits per heavy atom. The summed E-state index contributed by atoms with van der Waals surface area (Å²) in [5.41, 5.74) is -0.109. The number of nitrogens with one attached hydrogen (secondary N) is 1. The van der Waals surface area contributed by atoms with Gasteiger partial charge in [-0.25, -0.2) is 13.6 Å². The number of hydrogen-bond donors (Lipinski definition) is 1. The minimum absolute atomic E-state index is 0.0124. The molecule has 7 nitrogen and oxygen atoms in total. The number of carbonyl (C=O) groups excluding carboxylic acids is 2. The predicted octanol–water partition coefficient (Wildman–Crippen LogP) is 7.18. The molecule has 0 bridgehead atoms. The van der Waals surface area contributed by atoms with Gasteiger partial charge < -0.3 is 19.2 Å². The van der Waals surface area contributed by atoms with E-state index in [1.807, 2.05) is 0 Å². The first-order chi connectivity index (χ1) is 19.4. The SMILES string of the molecule is Cc1ccccc1C(=O)c1c2cc(F)c(=O)cc-2oc2cc(OCCCCCCNC(=O)OC(C)(C)C)c(F)cc12. The summed E-state index contributed by atoms with van der Waals surface area (Å²) >= 11 is 0. The molecule has 0 atom stereocenters. The topological polar surface area (TPSA) is 94.8 Å². The fourth-order valence-corrected chi connectivity index (χ4v) is 4.48. The Balaban J connectivity index is 1.49. The summed E-state index contributed by atoms with van der Waals surface area (Å²) < 4.78 is 46.2. The first-order valence-electron chi connectivity index (χ1n) is 13.5. The van der Waals surface area contributed by atoms with Crippen LogP contribution >= 0.6 is 0 Å². The van der Waals surface area contributed by atoms with Gasteiger partial charge in [-0.1, -0.05) is 37.1 Å². The maximum Gasteiger partial charge on any atom is 0.407 e. The third kappa shape index (κ3) is 7.28. The van der Waals surface area contributed by atoms with Gasteiger partial charge in [0.05, 0.1) is 6.61 Å². The van der Waals surface area contributed by atoms with Gasteiger partial charge in [0, 0.05) is 40.8 Å². The molecule has 4 rings (SSSR count). The van der Waals surface area contributed by atoms with Crippen LogP contribution in [0.3, 0.4) is 0 Å². The van der Waals surface area contributed by atoms with Gasteiger partial charge in [0.1, 0.15) is 16.9 Å². The fraction of sp³-hybridized carbons (Fsp3) is 0.344. The number of halogens is 2. The maximum atomic E-state index is 15.2. The molecule has 2 aromatic rings. The quantitative estimate of drug-likeness (QED) is 0.124. The van der Waals surface area contributed by atoms with Gasteiger partial charge in [0.15, 0.2) is 23.2 Å². The number of carbonyl (C=O) groups is 2. The van der Waals surface area contributed by atoms with Crippen LogP contribution in [0, 0.1) is 18.6 Å². The van der Waals surface area contributed by atoms with Crippen LogP contribution in [0.25, 0.3) is 22.3 Å². The van der Waals surface area contributed by atoms with Crippen LogP contribution < -0.4 is 15.5 Å². The largest absolute Gasteiger partial charge is 0.490 e. The van der Waals surface area contributed by atoms with E-state index in [9.17, 15) is 18.8 Å². The van der Waals surface area contributed by atoms with Gasteiger partial charge in [-0.15, -0.1) is 0 Å². The summed E-state index contributed by atoms with van der Waals surface area (Å²) in [4.78, 5) is 37.4. The minimum atomic E-state index is -1.04. The van der Waals surface area contributed by atoms with E-state index in [-0.39, 0.29) is 40.2 Å². The third-order valence-electron chi connectivity index (χ3n) is 6.44. The molecule has 0 radical (unpaired) electrons. The number of alkyl carbamates (subject to hydrolysis) is 1. The number of fused-ring (bicyclic) bond motifs is 2. The Hall–Kier alpha value is -4.27. The van der Waals surface area contributed by atoms with Crippen molar-refractivity contribution in [2.24, 2.45) is 0 Å². The van der Waals surface area contributed by atoms with Crippen LogP contribution in [-0.4, -0.2) is 30.6 Å². The standard InChI is InChI=1S/C32H33F2NO6/c1-19-11-7-8-12-20(19)30(37)29-21-15-23(33)25(36)17-26(21)40-27-18-28(24(34)16-22(27)29)39-14-10-6-5-9-13-35-31(38)41-32(2,3)4/h7-8,11-12,15-18H,5-6,9-10,13-14H2,1-4H3,(H,35,38). The molecule has 41 heavy (non-hydrogen) atoms. The van der Waals surface area contributed by atoms with Gasteiger partial charge in [-0.05, 0) is 58.2 Å². The summed E-state index contributed by atoms with van der Waals surface area (Å²) in [5, 5.41) is 2.85. The molecule has 9 heteroatoms. The highest BCUT2D eigenvalue weighted by molar-refractivity contribution is 6.20. The minimum Gasteiger partial charge on any atom is -0.490 e. The average Bonchev–Trinajstić information content (AvgIpc) is 2.89. The van der Waals surface area contributed by atoms with Gasteiger partial charge in [-0.2, -0.15) is 0 Å². The normalized spacial score (nSPS) is 11.6. The summed E-state index contributed by atoms with van der Waals surface area (Å²) in [7, 11) is 0. The lowest BCUT2D eigenvalue weighted by molar-refractivity contribution is 0.0526. The van der Waals surface area contributed by atoms with Crippen LogP contribution in [0.5, 0.6) is 5.75 Å². The maximum absolute atomic E-state index is 15.2. The molecule has 2 aliphatic rings. The number of aryl methyl sites for hydroxylation is 1. The van der Waals surface area contributed by atoms with E-state index in [1.54, 1.807) is 52.0 Å². The van der Waals surface area contributed by atoms with E-state index < -0.39 is 34.5 Å². The van der Waals surface area contributed by atoms with Crippen LogP contribution in [0.2, 0.25) is 0 Å². The second-order valence-corrected chi connectivity index (χ2v) is 10.9. The molecule has 1 N–H and O–H groups in total. The Kier molecular flexibility index (Phi) is 9.05. The van der Waals surface area contributed by atoms with Crippen LogP contribution in [0.4, 0.5) is 13.6 Å². The number of unbranched alkanes of at least 4 members (excludes halogenated alkanes) is 3. The van der Waals surface area contributed by atoms with E-state index in [4.69, 9.17) is 13.9 Å². The molecule has 1 aliphatic carbocycles. The molecule has 0 aromatic heterocycles. The monoisotopic (exact) mass is 565 g/mol. The lowest BCUT2D eigenvalue weighted by Crippen LogP contribution is -2.32. The number of ketones is 1. The molecular weight excluding hydrogens is 532 g/mol. The molecule has 2 aromatic carbocycles. The molecule has 1 amide bonds. The first kappa shape index (κ1) is 29.7. The Morgan fingerprint density at radius 2 is 1.68 bits per heavy atom. The predicted molar refractivity (Wildman–Crippen MR) is 152 cm³/mol. The zero-order chi connectivity index (χ0) is 29.7. The van der Waals surface area contributed by atoms with Crippen molar-refractivity contribution in [3.8, 4) is 17.1 Å². The smallest absolute Gasteiger partial charge is 0.407 e. The number of amides is 1. The zero-order valence-corrected chi connectivity index (χ0v) is 23.6. The molecule has 0 saturated heterocycles. The highest BCUT2D eigenvalue weighted by Gasteiger charge is 2.26. The fourth-order valence-electron chi connectivity index (χ4n) is 4.48. The van der Waals surface area contributed by atoms with E-state index in [2.05, 4.69) is 5.32 Å². The van der Waals surface area contributed by atoms with Crippen molar-refractivity contribution in [3.63, 3.8) is 0 Å². The van der Waals surface area contributed by atoms with Crippen LogP contribution in [-0.2, 0) is 4.74 Å². The molecule has 0 spiro atoms. The molecule has 1 aliphatic heterocycles. The lowest BCUT2D eigenvalue weighted by Gasteiger charge is -2.19. The first-order valence-corrected chi connectivity index (χ1v) is 13.5. The highest BCUT2D eigenvalue weighted by Crippen LogP contribution is 2.37. The van der Waals surface area contributed by atoms with Crippen molar-refractivity contribution in [2.45, 2.75) is 59.0 Å². The van der Waals surface area contributed by atoms with Crippen molar-refractivity contribution >= 4 is 22.8 Å². The van der Waals surface area contributed by atoms with Gasteiger partial charge in [0.2, 0.25) is 5.43 Å². The Labute approximate surface area is 236 Å². The lowest BCUT2D eigenvalue weighted by atomic mass is 9.91. The van der Waals surface area contributed by atoms with Crippen molar-refractivity contribution in [3.05, 3.63) is 87.1 Å². The number of hydrogen-bond acceptors (Lipinski definition) is 6. The second-order valence-electron chi connectivity index (χ2n) is 10.9. The summed E-state index contributed by atoms with van der Waals surface area (Å²) in [6, 6.07) is 11.3. The average molecular weight is 566 g/mol. The number of ether oxygens (including phenoxy) is 2. The molecule has 0 unspecified atom stereocenters. The highest BCUT2D eigenvalue weighted by atomic mass is 19.1. The third-order valence-corrected chi connectivity index (χ3v) is 6.44. The van der Waals surface area contributed by atoms with Crippen LogP contribution in [0.1, 0.15) is 67.9 Å². The zero-order valence-electron chi connectivity index (χ0n) is 23.6. The van der Waals surface area contributed by atoms with E-state index in [0.29, 0.717) is 24.1 Å². The molecule has 1 heterocycles. The van der Waals surface area contributed by atoms with Gasteiger partial charge >= 0.3 is 6.09 Å². The van der Waals surface area contributed by atoms with Crippen molar-refractivity contribution in [1.82, 2.24) is 5.32 Å². The summed E-state index contributed by atoms with van der Waals surface area (Å²) in [5.74, 6) is -2.23. The number of benzene rings is 3. The van der Waals surface area contributed by atoms with E-state index in [1.165, 1.54) is 6.07 Å². The molecule has 216 valence electrons. The summed E-state index contributed by atoms with van der Waals surface area (Å²) in [6.07, 6.45) is 2.59. The summed E-state index contributed by atoms with van der Waals surface area (Å²) in [6.45, 7) is 7.90. The van der Waals surface area contributed by atoms with Gasteiger partial charge in [0.25, 0.3) is 0 Å². The van der Waals surface area contributed by atoms with Gasteiger partial charge in [-0.3, -0.25) is 9.59 Å². The number of rotatable bonds is 10. The van der Waals surface area contributed by atoms with Crippen molar-refractivity contribution in [1.29, 1.82) is 0 Å². The Morgan fingerprint density at radius 3 is 2.41 bits per heavy atom. The van der Waals surface area contributed by atoms with Crippen molar-refractivity contribution < 1.29 is 32.3 Å². The molecule has 0 fully saturated rings. The Bertz CT molecular complexity index is 1600.